The minimum absolute atomic E-state index is 0.159. The highest BCUT2D eigenvalue weighted by Crippen LogP contribution is 2.43. The lowest BCUT2D eigenvalue weighted by atomic mass is 9.77. The lowest BCUT2D eigenvalue weighted by Gasteiger charge is -2.37. The molecule has 3 heterocycles. The number of benzene rings is 2. The van der Waals surface area contributed by atoms with Crippen LogP contribution in [0.2, 0.25) is 0 Å². The third kappa shape index (κ3) is 5.09. The smallest absolute Gasteiger partial charge is 0.311 e. The largest absolute Gasteiger partial charge is 0.501 e. The SMILES string of the molecule is CN(C)C(=O)C(=O)NC12CCC(CC1)Cn1c2nc(C(=O)NCC(c2ccccc2)c2ccccc2)c(O)c1=O. The molecule has 3 N–H and O–H groups in total. The highest BCUT2D eigenvalue weighted by atomic mass is 16.3. The van der Waals surface area contributed by atoms with Crippen molar-refractivity contribution in [2.75, 3.05) is 20.6 Å². The van der Waals surface area contributed by atoms with Crippen LogP contribution in [0.4, 0.5) is 0 Å². The maximum atomic E-state index is 13.5. The van der Waals surface area contributed by atoms with Crippen molar-refractivity contribution in [3.8, 4) is 5.75 Å². The Bertz CT molecular complexity index is 1440. The lowest BCUT2D eigenvalue weighted by molar-refractivity contribution is -0.145. The van der Waals surface area contributed by atoms with Crippen molar-refractivity contribution in [3.63, 3.8) is 0 Å². The van der Waals surface area contributed by atoms with E-state index in [0.29, 0.717) is 32.2 Å². The molecule has 0 atom stereocenters. The standard InChI is InChI=1S/C30H33N5O5/c1-34(2)28(40)26(38)33-30-15-13-19(14-16-30)18-35-27(39)24(36)23(32-29(30)35)25(37)31-17-22(20-9-5-3-6-10-20)21-11-7-4-8-12-21/h3-12,19,22,36H,13-18H2,1-2H3,(H,31,37)(H,33,38). The Hall–Kier alpha value is -4.47. The molecule has 208 valence electrons. The summed E-state index contributed by atoms with van der Waals surface area (Å²) < 4.78 is 1.36. The second-order valence-electron chi connectivity index (χ2n) is 10.8. The number of aromatic hydroxyl groups is 1. The van der Waals surface area contributed by atoms with Crippen molar-refractivity contribution in [1.82, 2.24) is 25.1 Å². The van der Waals surface area contributed by atoms with Crippen molar-refractivity contribution < 1.29 is 19.5 Å². The normalized spacial score (nSPS) is 19.4. The number of carbonyl (C=O) groups is 3. The summed E-state index contributed by atoms with van der Waals surface area (Å²) in [6.07, 6.45) is 2.34. The first-order valence-corrected chi connectivity index (χ1v) is 13.5. The second kappa shape index (κ2) is 11.0. The number of hydrogen-bond donors (Lipinski definition) is 3. The monoisotopic (exact) mass is 543 g/mol. The van der Waals surface area contributed by atoms with Gasteiger partial charge in [0, 0.05) is 33.1 Å². The number of hydrogen-bond acceptors (Lipinski definition) is 6. The van der Waals surface area contributed by atoms with Crippen LogP contribution in [0.5, 0.6) is 5.75 Å². The van der Waals surface area contributed by atoms with Crippen LogP contribution < -0.4 is 16.2 Å². The molecule has 1 aromatic heterocycles. The van der Waals surface area contributed by atoms with Crippen molar-refractivity contribution >= 4 is 17.7 Å². The first-order valence-electron chi connectivity index (χ1n) is 13.5. The van der Waals surface area contributed by atoms with Crippen LogP contribution >= 0.6 is 0 Å². The van der Waals surface area contributed by atoms with E-state index in [1.54, 1.807) is 0 Å². The van der Waals surface area contributed by atoms with Crippen LogP contribution in [0, 0.1) is 5.92 Å². The fraction of sp³-hybridized carbons (Fsp3) is 0.367. The predicted octanol–water partition coefficient (Wildman–Crippen LogP) is 2.11. The first-order chi connectivity index (χ1) is 19.2. The molecule has 6 rings (SSSR count). The van der Waals surface area contributed by atoms with Crippen LogP contribution in [-0.2, 0) is 21.7 Å². The van der Waals surface area contributed by atoms with E-state index >= 15 is 0 Å². The molecule has 0 radical (unpaired) electrons. The van der Waals surface area contributed by atoms with E-state index in [-0.39, 0.29) is 24.2 Å². The summed E-state index contributed by atoms with van der Waals surface area (Å²) in [7, 11) is 2.97. The maximum Gasteiger partial charge on any atom is 0.311 e. The Morgan fingerprint density at radius 2 is 1.60 bits per heavy atom. The number of fused-ring (bicyclic) bond motifs is 2. The Labute approximate surface area is 232 Å². The predicted molar refractivity (Wildman–Crippen MR) is 148 cm³/mol. The average Bonchev–Trinajstić information content (AvgIpc) is 3.21. The van der Waals surface area contributed by atoms with E-state index in [9.17, 15) is 24.3 Å². The van der Waals surface area contributed by atoms with Crippen molar-refractivity contribution in [2.45, 2.75) is 43.7 Å². The fourth-order valence-corrected chi connectivity index (χ4v) is 5.80. The third-order valence-electron chi connectivity index (χ3n) is 8.01. The molecule has 0 unspecified atom stereocenters. The molecule has 0 saturated heterocycles. The summed E-state index contributed by atoms with van der Waals surface area (Å²) in [5.41, 5.74) is -0.234. The molecule has 3 aromatic rings. The van der Waals surface area contributed by atoms with Crippen LogP contribution in [0.15, 0.2) is 65.5 Å². The minimum Gasteiger partial charge on any atom is -0.501 e. The molecule has 10 nitrogen and oxygen atoms in total. The van der Waals surface area contributed by atoms with Crippen LogP contribution in [0.25, 0.3) is 0 Å². The van der Waals surface area contributed by atoms with Crippen LogP contribution in [-0.4, -0.2) is 57.9 Å². The third-order valence-corrected chi connectivity index (χ3v) is 8.01. The van der Waals surface area contributed by atoms with Gasteiger partial charge in [0.05, 0.1) is 5.54 Å². The number of nitrogens with one attached hydrogen (secondary N) is 2. The Morgan fingerprint density at radius 1 is 1.02 bits per heavy atom. The summed E-state index contributed by atoms with van der Waals surface area (Å²) in [6.45, 7) is 0.521. The van der Waals surface area contributed by atoms with Gasteiger partial charge >= 0.3 is 11.8 Å². The van der Waals surface area contributed by atoms with Gasteiger partial charge in [-0.25, -0.2) is 4.98 Å². The van der Waals surface area contributed by atoms with E-state index in [1.807, 2.05) is 60.7 Å². The van der Waals surface area contributed by atoms with Gasteiger partial charge in [0.25, 0.3) is 11.5 Å². The van der Waals surface area contributed by atoms with Gasteiger partial charge in [0.15, 0.2) is 5.69 Å². The van der Waals surface area contributed by atoms with Gasteiger partial charge in [-0.1, -0.05) is 60.7 Å². The first kappa shape index (κ1) is 27.1. The Balaban J connectivity index is 1.48. The van der Waals surface area contributed by atoms with E-state index in [2.05, 4.69) is 15.6 Å². The Kier molecular flexibility index (Phi) is 7.42. The highest BCUT2D eigenvalue weighted by molar-refractivity contribution is 6.35. The summed E-state index contributed by atoms with van der Waals surface area (Å²) in [5, 5.41) is 16.5. The molecule has 3 aliphatic rings. The summed E-state index contributed by atoms with van der Waals surface area (Å²) in [4.78, 5) is 57.7. The van der Waals surface area contributed by atoms with E-state index in [0.717, 1.165) is 11.1 Å². The molecule has 2 bridgehead atoms. The van der Waals surface area contributed by atoms with Crippen LogP contribution in [0.3, 0.4) is 0 Å². The molecule has 2 aromatic carbocycles. The highest BCUT2D eigenvalue weighted by Gasteiger charge is 2.46. The molecule has 0 spiro atoms. The van der Waals surface area contributed by atoms with Crippen molar-refractivity contribution in [2.24, 2.45) is 5.92 Å². The maximum absolute atomic E-state index is 13.5. The summed E-state index contributed by atoms with van der Waals surface area (Å²) in [6, 6.07) is 19.5. The number of likely N-dealkylation sites (N-methyl/N-ethyl adjacent to an activating group) is 1. The van der Waals surface area contributed by atoms with Gasteiger partial charge < -0.3 is 20.6 Å². The second-order valence-corrected chi connectivity index (χ2v) is 10.8. The van der Waals surface area contributed by atoms with Gasteiger partial charge in [0.1, 0.15) is 5.82 Å². The number of nitrogens with zero attached hydrogens (tertiary/aromatic N) is 3. The van der Waals surface area contributed by atoms with Gasteiger partial charge in [-0.05, 0) is 42.7 Å². The number of amides is 3. The van der Waals surface area contributed by atoms with Crippen LogP contribution in [0.1, 0.15) is 59.0 Å². The van der Waals surface area contributed by atoms with Gasteiger partial charge in [0.2, 0.25) is 5.75 Å². The average molecular weight is 544 g/mol. The molecule has 40 heavy (non-hydrogen) atoms. The summed E-state index contributed by atoms with van der Waals surface area (Å²) in [5.74, 6) is -2.77. The van der Waals surface area contributed by atoms with Gasteiger partial charge in [-0.3, -0.25) is 23.7 Å². The molecule has 1 saturated carbocycles. The Morgan fingerprint density at radius 3 is 2.15 bits per heavy atom. The molecular formula is C30H33N5O5. The summed E-state index contributed by atoms with van der Waals surface area (Å²) >= 11 is 0. The zero-order valence-corrected chi connectivity index (χ0v) is 22.6. The van der Waals surface area contributed by atoms with Gasteiger partial charge in [-0.15, -0.1) is 0 Å². The number of carbonyl (C=O) groups excluding carboxylic acids is 3. The topological polar surface area (TPSA) is 134 Å². The zero-order chi connectivity index (χ0) is 28.4. The number of rotatable bonds is 6. The quantitative estimate of drug-likeness (QED) is 0.408. The fourth-order valence-electron chi connectivity index (χ4n) is 5.80. The molecule has 10 heteroatoms. The number of aromatic nitrogens is 2. The van der Waals surface area contributed by atoms with Crippen molar-refractivity contribution in [1.29, 1.82) is 0 Å². The van der Waals surface area contributed by atoms with Gasteiger partial charge in [-0.2, -0.15) is 0 Å². The van der Waals surface area contributed by atoms with Crippen molar-refractivity contribution in [3.05, 3.63) is 93.7 Å². The van der Waals surface area contributed by atoms with E-state index in [4.69, 9.17) is 0 Å². The molecular weight excluding hydrogens is 510 g/mol. The van der Waals surface area contributed by atoms with E-state index in [1.165, 1.54) is 23.6 Å². The molecule has 3 amide bonds. The molecule has 1 aliphatic carbocycles. The molecule has 2 aliphatic heterocycles. The van der Waals surface area contributed by atoms with E-state index < -0.39 is 40.3 Å². The lowest BCUT2D eigenvalue weighted by Crippen LogP contribution is -2.53. The zero-order valence-electron chi connectivity index (χ0n) is 22.6. The molecule has 1 fully saturated rings. The minimum atomic E-state index is -1.10.